The number of nitrogens with two attached hydrogens (primary N) is 1. The molecule has 0 fully saturated rings. The lowest BCUT2D eigenvalue weighted by atomic mass is 9.94. The molecule has 230 valence electrons. The number of thiazole rings is 2. The Hall–Kier alpha value is -4.65. The van der Waals surface area contributed by atoms with Crippen LogP contribution in [0.25, 0.3) is 10.2 Å². The molecular formula is C33H32N6O4S2. The van der Waals surface area contributed by atoms with E-state index in [1.807, 2.05) is 66.7 Å². The number of aryl methyl sites for hydroxylation is 1. The van der Waals surface area contributed by atoms with Crippen molar-refractivity contribution in [3.63, 3.8) is 0 Å². The highest BCUT2D eigenvalue weighted by molar-refractivity contribution is 7.22. The summed E-state index contributed by atoms with van der Waals surface area (Å²) in [5.41, 5.74) is 9.84. The summed E-state index contributed by atoms with van der Waals surface area (Å²) in [6.45, 7) is 2.14. The Labute approximate surface area is 268 Å². The summed E-state index contributed by atoms with van der Waals surface area (Å²) in [7, 11) is 0. The summed E-state index contributed by atoms with van der Waals surface area (Å²) in [6.07, 6.45) is 4.41. The van der Waals surface area contributed by atoms with E-state index in [0.29, 0.717) is 59.8 Å². The number of para-hydroxylation sites is 1. The van der Waals surface area contributed by atoms with Gasteiger partial charge < -0.3 is 20.5 Å². The average Bonchev–Trinajstić information content (AvgIpc) is 3.67. The van der Waals surface area contributed by atoms with Crippen molar-refractivity contribution in [1.29, 1.82) is 0 Å². The van der Waals surface area contributed by atoms with E-state index in [2.05, 4.69) is 25.2 Å². The van der Waals surface area contributed by atoms with Crippen LogP contribution in [0.15, 0.2) is 71.7 Å². The molecule has 0 radical (unpaired) electrons. The van der Waals surface area contributed by atoms with E-state index in [-0.39, 0.29) is 11.6 Å². The van der Waals surface area contributed by atoms with Crippen LogP contribution in [0.5, 0.6) is 5.75 Å². The van der Waals surface area contributed by atoms with E-state index in [0.717, 1.165) is 45.6 Å². The van der Waals surface area contributed by atoms with Gasteiger partial charge in [-0.05, 0) is 85.8 Å². The summed E-state index contributed by atoms with van der Waals surface area (Å²) in [5, 5.41) is 14.1. The average molecular weight is 641 g/mol. The number of fused-ring (bicyclic) bond motifs is 2. The maximum Gasteiger partial charge on any atom is 0.355 e. The second kappa shape index (κ2) is 14.0. The number of carboxylic acid groups (broad SMARTS) is 1. The summed E-state index contributed by atoms with van der Waals surface area (Å²) in [5.74, 6) is -0.536. The number of hydrogen-bond donors (Lipinski definition) is 3. The Morgan fingerprint density at radius 3 is 2.71 bits per heavy atom. The molecule has 1 aliphatic heterocycles. The number of aliphatic imine (C=N–C) groups is 1. The number of anilines is 2. The number of nitrogens with one attached hydrogen (secondary N) is 1. The van der Waals surface area contributed by atoms with Crippen molar-refractivity contribution in [2.75, 3.05) is 29.9 Å². The smallest absolute Gasteiger partial charge is 0.355 e. The van der Waals surface area contributed by atoms with Crippen LogP contribution in [0.2, 0.25) is 0 Å². The number of benzene rings is 3. The minimum absolute atomic E-state index is 0.0716. The zero-order valence-electron chi connectivity index (χ0n) is 24.4. The SMILES string of the molecule is NCCC=Nc1ccc(OCCCc2sc(N3CCc4cccc(C(=O)Nc5nc6ccccc6s5)c4C3)nc2C(=O)O)cc1. The maximum atomic E-state index is 13.4. The minimum Gasteiger partial charge on any atom is -0.494 e. The van der Waals surface area contributed by atoms with Gasteiger partial charge in [-0.25, -0.2) is 14.8 Å². The molecule has 3 aromatic carbocycles. The van der Waals surface area contributed by atoms with Crippen molar-refractivity contribution in [1.82, 2.24) is 9.97 Å². The Balaban J connectivity index is 1.10. The lowest BCUT2D eigenvalue weighted by Crippen LogP contribution is -2.32. The minimum atomic E-state index is -1.05. The van der Waals surface area contributed by atoms with Gasteiger partial charge in [-0.2, -0.15) is 0 Å². The predicted octanol–water partition coefficient (Wildman–Crippen LogP) is 6.33. The Morgan fingerprint density at radius 2 is 1.91 bits per heavy atom. The molecule has 0 unspecified atom stereocenters. The van der Waals surface area contributed by atoms with E-state index < -0.39 is 5.97 Å². The predicted molar refractivity (Wildman–Crippen MR) is 180 cm³/mol. The Kier molecular flexibility index (Phi) is 9.44. The number of carbonyl (C=O) groups is 2. The van der Waals surface area contributed by atoms with Gasteiger partial charge in [0.25, 0.3) is 5.91 Å². The van der Waals surface area contributed by atoms with Crippen LogP contribution < -0.4 is 20.7 Å². The van der Waals surface area contributed by atoms with E-state index in [4.69, 9.17) is 10.5 Å². The standard InChI is InChI=1S/C33H32N6O4S2/c34-16-5-17-35-22-11-13-23(14-12-22)43-19-4-10-28-29(31(41)42)37-33(45-28)39-18-15-21-6-3-7-24(25(21)20-39)30(40)38-32-36-26-8-1-2-9-27(26)44-32/h1-3,6-9,11-14,17H,4-5,10,15-16,18-20,34H2,(H,41,42)(H,36,38,40). The van der Waals surface area contributed by atoms with Crippen LogP contribution in [0.3, 0.4) is 0 Å². The first-order chi connectivity index (χ1) is 22.0. The van der Waals surface area contributed by atoms with Crippen LogP contribution in [0, 0.1) is 0 Å². The maximum absolute atomic E-state index is 13.4. The number of hydrogen-bond acceptors (Lipinski definition) is 10. The molecule has 6 rings (SSSR count). The number of aromatic nitrogens is 2. The second-order valence-corrected chi connectivity index (χ2v) is 12.6. The van der Waals surface area contributed by atoms with Gasteiger partial charge in [0, 0.05) is 29.7 Å². The molecule has 1 aliphatic rings. The van der Waals surface area contributed by atoms with Gasteiger partial charge in [-0.3, -0.25) is 15.1 Å². The van der Waals surface area contributed by atoms with Crippen molar-refractivity contribution in [2.45, 2.75) is 32.2 Å². The fraction of sp³-hybridized carbons (Fsp3) is 0.242. The number of aromatic carboxylic acids is 1. The molecule has 0 spiro atoms. The van der Waals surface area contributed by atoms with Crippen LogP contribution in [0.4, 0.5) is 16.0 Å². The molecule has 0 saturated heterocycles. The molecule has 0 atom stereocenters. The zero-order valence-corrected chi connectivity index (χ0v) is 26.1. The Bertz CT molecular complexity index is 1820. The van der Waals surface area contributed by atoms with Crippen molar-refractivity contribution < 1.29 is 19.4 Å². The van der Waals surface area contributed by atoms with Crippen molar-refractivity contribution in [3.05, 3.63) is 94.0 Å². The number of carboxylic acids is 1. The van der Waals surface area contributed by atoms with Gasteiger partial charge >= 0.3 is 5.97 Å². The number of nitrogens with zero attached hydrogens (tertiary/aromatic N) is 4. The lowest BCUT2D eigenvalue weighted by Gasteiger charge is -2.29. The third-order valence-corrected chi connectivity index (χ3v) is 9.51. The third kappa shape index (κ3) is 7.19. The van der Waals surface area contributed by atoms with E-state index in [1.54, 1.807) is 6.21 Å². The molecular weight excluding hydrogens is 609 g/mol. The van der Waals surface area contributed by atoms with Gasteiger partial charge in [0.1, 0.15) is 5.75 Å². The number of amides is 1. The molecule has 10 nitrogen and oxygen atoms in total. The molecule has 5 aromatic rings. The number of carbonyl (C=O) groups excluding carboxylic acids is 1. The highest BCUT2D eigenvalue weighted by atomic mass is 32.1. The first kappa shape index (κ1) is 30.4. The van der Waals surface area contributed by atoms with Crippen molar-refractivity contribution in [2.24, 2.45) is 10.7 Å². The number of ether oxygens (including phenoxy) is 1. The molecule has 12 heteroatoms. The molecule has 1 amide bonds. The largest absolute Gasteiger partial charge is 0.494 e. The highest BCUT2D eigenvalue weighted by Crippen LogP contribution is 2.33. The van der Waals surface area contributed by atoms with Gasteiger partial charge in [-0.1, -0.05) is 35.6 Å². The molecule has 3 heterocycles. The summed E-state index contributed by atoms with van der Waals surface area (Å²) in [4.78, 5) is 41.7. The molecule has 0 aliphatic carbocycles. The normalized spacial score (nSPS) is 12.9. The van der Waals surface area contributed by atoms with Crippen LogP contribution in [-0.2, 0) is 19.4 Å². The summed E-state index contributed by atoms with van der Waals surface area (Å²) >= 11 is 2.83. The molecule has 2 aromatic heterocycles. The van der Waals surface area contributed by atoms with Gasteiger partial charge in [0.05, 0.1) is 22.5 Å². The van der Waals surface area contributed by atoms with Gasteiger partial charge in [-0.15, -0.1) is 11.3 Å². The fourth-order valence-electron chi connectivity index (χ4n) is 5.15. The van der Waals surface area contributed by atoms with Crippen molar-refractivity contribution in [3.8, 4) is 5.75 Å². The highest BCUT2D eigenvalue weighted by Gasteiger charge is 2.26. The summed E-state index contributed by atoms with van der Waals surface area (Å²) in [6, 6.07) is 21.0. The topological polar surface area (TPSA) is 143 Å². The Morgan fingerprint density at radius 1 is 1.07 bits per heavy atom. The van der Waals surface area contributed by atoms with Gasteiger partial charge in [0.2, 0.25) is 0 Å². The van der Waals surface area contributed by atoms with Crippen LogP contribution >= 0.6 is 22.7 Å². The first-order valence-electron chi connectivity index (χ1n) is 14.7. The molecule has 45 heavy (non-hydrogen) atoms. The fourth-order valence-corrected chi connectivity index (χ4v) is 7.13. The lowest BCUT2D eigenvalue weighted by molar-refractivity contribution is 0.0690. The van der Waals surface area contributed by atoms with E-state index >= 15 is 0 Å². The first-order valence-corrected chi connectivity index (χ1v) is 16.3. The van der Waals surface area contributed by atoms with Crippen LogP contribution in [-0.4, -0.2) is 52.9 Å². The molecule has 4 N–H and O–H groups in total. The second-order valence-electron chi connectivity index (χ2n) is 10.5. The number of rotatable bonds is 12. The molecule has 0 saturated carbocycles. The van der Waals surface area contributed by atoms with Gasteiger partial charge in [0.15, 0.2) is 16.0 Å². The molecule has 0 bridgehead atoms. The monoisotopic (exact) mass is 640 g/mol. The van der Waals surface area contributed by atoms with E-state index in [9.17, 15) is 14.7 Å². The quantitative estimate of drug-likeness (QED) is 0.106. The summed E-state index contributed by atoms with van der Waals surface area (Å²) < 4.78 is 6.89. The van der Waals surface area contributed by atoms with Crippen LogP contribution in [0.1, 0.15) is 49.7 Å². The van der Waals surface area contributed by atoms with Crippen molar-refractivity contribution >= 4 is 66.9 Å². The van der Waals surface area contributed by atoms with E-state index in [1.165, 1.54) is 22.7 Å². The third-order valence-electron chi connectivity index (χ3n) is 7.38. The zero-order chi connectivity index (χ0) is 31.2.